The van der Waals surface area contributed by atoms with Gasteiger partial charge < -0.3 is 9.47 Å². The van der Waals surface area contributed by atoms with Gasteiger partial charge in [0.25, 0.3) is 0 Å². The summed E-state index contributed by atoms with van der Waals surface area (Å²) in [6.45, 7) is 0.862. The minimum atomic E-state index is -0.338. The topological polar surface area (TPSA) is 18.5 Å². The fraction of sp³-hybridized carbons (Fsp3) is 0.846. The standard InChI is InChI=1S/C13H20O2/c1-2-6-12(7-3-1)9-10-13(15-12)8-4-5-11-14-13/h9-10H,1-8,11H2. The average molecular weight is 208 g/mol. The lowest BCUT2D eigenvalue weighted by atomic mass is 9.85. The van der Waals surface area contributed by atoms with Crippen LogP contribution in [0.1, 0.15) is 51.4 Å². The molecule has 15 heavy (non-hydrogen) atoms. The Morgan fingerprint density at radius 2 is 1.60 bits per heavy atom. The van der Waals surface area contributed by atoms with E-state index in [1.54, 1.807) is 0 Å². The summed E-state index contributed by atoms with van der Waals surface area (Å²) in [6.07, 6.45) is 14.3. The highest BCUT2D eigenvalue weighted by molar-refractivity contribution is 5.16. The lowest BCUT2D eigenvalue weighted by molar-refractivity contribution is -0.256. The van der Waals surface area contributed by atoms with Crippen LogP contribution in [0.15, 0.2) is 12.2 Å². The summed E-state index contributed by atoms with van der Waals surface area (Å²) in [7, 11) is 0. The van der Waals surface area contributed by atoms with Crippen molar-refractivity contribution in [3.05, 3.63) is 12.2 Å². The fourth-order valence-corrected chi connectivity index (χ4v) is 3.11. The molecule has 0 aromatic carbocycles. The van der Waals surface area contributed by atoms with Crippen molar-refractivity contribution in [3.8, 4) is 0 Å². The van der Waals surface area contributed by atoms with Gasteiger partial charge in [-0.3, -0.25) is 0 Å². The van der Waals surface area contributed by atoms with Crippen LogP contribution in [0.3, 0.4) is 0 Å². The molecule has 3 aliphatic rings. The van der Waals surface area contributed by atoms with E-state index in [-0.39, 0.29) is 11.4 Å². The van der Waals surface area contributed by atoms with Gasteiger partial charge in [-0.25, -0.2) is 0 Å². The minimum Gasteiger partial charge on any atom is -0.346 e. The van der Waals surface area contributed by atoms with E-state index >= 15 is 0 Å². The van der Waals surface area contributed by atoms with Crippen molar-refractivity contribution in [2.75, 3.05) is 6.61 Å². The first kappa shape index (κ1) is 9.86. The van der Waals surface area contributed by atoms with Crippen LogP contribution in [0.5, 0.6) is 0 Å². The van der Waals surface area contributed by atoms with Gasteiger partial charge in [-0.05, 0) is 31.8 Å². The Balaban J connectivity index is 1.74. The van der Waals surface area contributed by atoms with Gasteiger partial charge in [0.1, 0.15) is 0 Å². The van der Waals surface area contributed by atoms with Crippen LogP contribution >= 0.6 is 0 Å². The van der Waals surface area contributed by atoms with Crippen molar-refractivity contribution in [1.82, 2.24) is 0 Å². The van der Waals surface area contributed by atoms with Crippen molar-refractivity contribution in [1.29, 1.82) is 0 Å². The summed E-state index contributed by atoms with van der Waals surface area (Å²) in [5.74, 6) is -0.338. The van der Waals surface area contributed by atoms with Gasteiger partial charge in [0, 0.05) is 6.42 Å². The molecule has 2 heterocycles. The van der Waals surface area contributed by atoms with Crippen LogP contribution in [0.2, 0.25) is 0 Å². The summed E-state index contributed by atoms with van der Waals surface area (Å²) in [5.41, 5.74) is 0.0373. The summed E-state index contributed by atoms with van der Waals surface area (Å²) >= 11 is 0. The monoisotopic (exact) mass is 208 g/mol. The average Bonchev–Trinajstić information content (AvgIpc) is 2.60. The smallest absolute Gasteiger partial charge is 0.188 e. The Kier molecular flexibility index (Phi) is 2.37. The number of hydrogen-bond donors (Lipinski definition) is 0. The van der Waals surface area contributed by atoms with Gasteiger partial charge >= 0.3 is 0 Å². The second-order valence-electron chi connectivity index (χ2n) is 5.18. The molecule has 1 aliphatic carbocycles. The normalized spacial score (nSPS) is 38.9. The molecule has 0 bridgehead atoms. The molecule has 1 saturated carbocycles. The van der Waals surface area contributed by atoms with Crippen LogP contribution in [0, 0.1) is 0 Å². The van der Waals surface area contributed by atoms with Gasteiger partial charge in [-0.1, -0.05) is 25.3 Å². The Hall–Kier alpha value is -0.340. The molecule has 84 valence electrons. The number of ether oxygens (including phenoxy) is 2. The lowest BCUT2D eigenvalue weighted by Gasteiger charge is -2.39. The van der Waals surface area contributed by atoms with Crippen molar-refractivity contribution in [3.63, 3.8) is 0 Å². The largest absolute Gasteiger partial charge is 0.346 e. The van der Waals surface area contributed by atoms with Gasteiger partial charge in [0.05, 0.1) is 12.2 Å². The van der Waals surface area contributed by atoms with Crippen molar-refractivity contribution in [2.24, 2.45) is 0 Å². The number of hydrogen-bond acceptors (Lipinski definition) is 2. The van der Waals surface area contributed by atoms with Crippen LogP contribution in [0.4, 0.5) is 0 Å². The highest BCUT2D eigenvalue weighted by atomic mass is 16.7. The Labute approximate surface area is 91.6 Å². The maximum absolute atomic E-state index is 6.28. The molecule has 2 spiro atoms. The van der Waals surface area contributed by atoms with Crippen molar-refractivity contribution in [2.45, 2.75) is 62.8 Å². The molecule has 1 saturated heterocycles. The second kappa shape index (κ2) is 3.60. The molecular weight excluding hydrogens is 188 g/mol. The van der Waals surface area contributed by atoms with E-state index in [0.29, 0.717) is 0 Å². The molecule has 0 amide bonds. The van der Waals surface area contributed by atoms with Crippen molar-refractivity contribution >= 4 is 0 Å². The van der Waals surface area contributed by atoms with E-state index in [4.69, 9.17) is 9.47 Å². The second-order valence-corrected chi connectivity index (χ2v) is 5.18. The molecule has 3 rings (SSSR count). The van der Waals surface area contributed by atoms with Gasteiger partial charge in [-0.2, -0.15) is 0 Å². The zero-order chi connectivity index (χ0) is 10.2. The summed E-state index contributed by atoms with van der Waals surface area (Å²) in [4.78, 5) is 0. The molecule has 2 nitrogen and oxygen atoms in total. The highest BCUT2D eigenvalue weighted by Gasteiger charge is 2.46. The summed E-state index contributed by atoms with van der Waals surface area (Å²) < 4.78 is 12.1. The van der Waals surface area contributed by atoms with Gasteiger partial charge in [-0.15, -0.1) is 0 Å². The van der Waals surface area contributed by atoms with E-state index in [9.17, 15) is 0 Å². The van der Waals surface area contributed by atoms with Gasteiger partial charge in [0.2, 0.25) is 0 Å². The maximum atomic E-state index is 6.28. The van der Waals surface area contributed by atoms with Crippen LogP contribution in [-0.4, -0.2) is 18.0 Å². The predicted octanol–water partition coefficient (Wildman–Crippen LogP) is 3.17. The number of rotatable bonds is 0. The molecule has 2 aliphatic heterocycles. The molecule has 0 N–H and O–H groups in total. The third-order valence-electron chi connectivity index (χ3n) is 3.98. The molecular formula is C13H20O2. The molecule has 0 aromatic heterocycles. The zero-order valence-corrected chi connectivity index (χ0v) is 9.34. The van der Waals surface area contributed by atoms with Crippen LogP contribution in [0.25, 0.3) is 0 Å². The molecule has 2 heteroatoms. The fourth-order valence-electron chi connectivity index (χ4n) is 3.11. The molecule has 1 unspecified atom stereocenters. The van der Waals surface area contributed by atoms with E-state index in [1.165, 1.54) is 44.9 Å². The summed E-state index contributed by atoms with van der Waals surface area (Å²) in [6, 6.07) is 0. The highest BCUT2D eigenvalue weighted by Crippen LogP contribution is 2.44. The van der Waals surface area contributed by atoms with E-state index < -0.39 is 0 Å². The third-order valence-corrected chi connectivity index (χ3v) is 3.98. The van der Waals surface area contributed by atoms with Crippen molar-refractivity contribution < 1.29 is 9.47 Å². The molecule has 0 radical (unpaired) electrons. The first-order valence-corrected chi connectivity index (χ1v) is 6.37. The van der Waals surface area contributed by atoms with Crippen LogP contribution in [-0.2, 0) is 9.47 Å². The first-order valence-electron chi connectivity index (χ1n) is 6.37. The molecule has 0 aromatic rings. The third kappa shape index (κ3) is 1.74. The lowest BCUT2D eigenvalue weighted by Crippen LogP contribution is -2.42. The predicted molar refractivity (Wildman–Crippen MR) is 58.6 cm³/mol. The Morgan fingerprint density at radius 1 is 0.800 bits per heavy atom. The SMILES string of the molecule is C1=CC2(CCCCO2)OC12CCCCC2. The van der Waals surface area contributed by atoms with Crippen LogP contribution < -0.4 is 0 Å². The Morgan fingerprint density at radius 3 is 2.33 bits per heavy atom. The quantitative estimate of drug-likeness (QED) is 0.569. The summed E-state index contributed by atoms with van der Waals surface area (Å²) in [5, 5.41) is 0. The molecule has 1 atom stereocenters. The Bertz CT molecular complexity index is 232. The van der Waals surface area contributed by atoms with Gasteiger partial charge in [0.15, 0.2) is 5.79 Å². The molecule has 2 fully saturated rings. The zero-order valence-electron chi connectivity index (χ0n) is 9.34. The van der Waals surface area contributed by atoms with E-state index in [1.807, 2.05) is 0 Å². The first-order chi connectivity index (χ1) is 7.33. The van der Waals surface area contributed by atoms with E-state index in [2.05, 4.69) is 12.2 Å². The minimum absolute atomic E-state index is 0.0373. The van der Waals surface area contributed by atoms with E-state index in [0.717, 1.165) is 13.0 Å². The maximum Gasteiger partial charge on any atom is 0.188 e.